The van der Waals surface area contributed by atoms with Crippen molar-refractivity contribution in [2.75, 3.05) is 0 Å². The number of rotatable bonds is 13. The van der Waals surface area contributed by atoms with Crippen molar-refractivity contribution in [3.63, 3.8) is 0 Å². The Hall–Kier alpha value is -16.5. The monoisotopic (exact) mass is 1820 g/mol. The molecule has 25 aromatic rings. The van der Waals surface area contributed by atoms with Crippen LogP contribution in [0.1, 0.15) is 14.0 Å². The minimum atomic E-state index is -3.17. The summed E-state index contributed by atoms with van der Waals surface area (Å²) in [6.07, 6.45) is 1.75. The van der Waals surface area contributed by atoms with Crippen LogP contribution in [-0.2, 0) is 13.7 Å². The van der Waals surface area contributed by atoms with Crippen molar-refractivity contribution in [1.82, 2.24) is 18.3 Å². The van der Waals surface area contributed by atoms with Crippen molar-refractivity contribution < 1.29 is 54.2 Å². The van der Waals surface area contributed by atoms with Crippen molar-refractivity contribution in [2.24, 2.45) is 0 Å². The first-order valence-corrected chi connectivity index (χ1v) is 48.7. The Morgan fingerprint density at radius 2 is 0.679 bits per heavy atom. The zero-order chi connectivity index (χ0) is 93.1. The van der Waals surface area contributed by atoms with Gasteiger partial charge in [0.15, 0.2) is 20.5 Å². The molecule has 0 atom stereocenters. The molecule has 0 radical (unpaired) electrons. The van der Waals surface area contributed by atoms with Crippen molar-refractivity contribution in [2.45, 2.75) is 0 Å². The normalized spacial score (nSPS) is 11.5. The molecule has 1 N–H and O–H groups in total. The van der Waals surface area contributed by atoms with E-state index in [-0.39, 0.29) is 27.5 Å². The van der Waals surface area contributed by atoms with Gasteiger partial charge in [-0.1, -0.05) is 309 Å². The van der Waals surface area contributed by atoms with Gasteiger partial charge in [-0.15, -0.1) is 0 Å². The van der Waals surface area contributed by atoms with Crippen LogP contribution in [0.25, 0.3) is 165 Å². The molecule has 0 bridgehead atoms. The van der Waals surface area contributed by atoms with E-state index in [1.54, 1.807) is 18.3 Å². The summed E-state index contributed by atoms with van der Waals surface area (Å²) in [7, 11) is -9.04. The van der Waals surface area contributed by atoms with Gasteiger partial charge in [0.2, 0.25) is 5.52 Å². The zero-order valence-corrected chi connectivity index (χ0v) is 76.7. The maximum absolute atomic E-state index is 15.0. The van der Waals surface area contributed by atoms with Crippen LogP contribution in [0.2, 0.25) is 0 Å². The number of hydrogen-bond acceptors (Lipinski definition) is 7. The summed E-state index contributed by atoms with van der Waals surface area (Å²) in [6.45, 7) is 0. The molecule has 0 aliphatic carbocycles. The molecule has 0 aliphatic rings. The Bertz CT molecular complexity index is 8610. The molecule has 650 valence electrons. The fourth-order valence-electron chi connectivity index (χ4n) is 19.2. The number of pyridine rings is 1. The number of nitrogens with zero attached hydrogens (tertiary/aromatic N) is 6. The van der Waals surface area contributed by atoms with E-state index in [1.165, 1.54) is 76.9 Å². The van der Waals surface area contributed by atoms with E-state index in [4.69, 9.17) is 10.3 Å². The van der Waals surface area contributed by atoms with E-state index in [0.717, 1.165) is 103 Å². The summed E-state index contributed by atoms with van der Waals surface area (Å²) in [5, 5.41) is 47.6. The number of nitriles is 2. The van der Waals surface area contributed by atoms with Crippen LogP contribution < -0.4 is 60.8 Å². The number of aromatic nitrogens is 5. The number of para-hydroxylation sites is 10. The number of fused-ring (bicyclic) bond motifs is 16. The van der Waals surface area contributed by atoms with Gasteiger partial charge in [-0.25, -0.2) is 4.98 Å². The summed E-state index contributed by atoms with van der Waals surface area (Å²) < 4.78 is 71.3. The van der Waals surface area contributed by atoms with Gasteiger partial charge in [0.1, 0.15) is 19.5 Å². The van der Waals surface area contributed by atoms with E-state index in [0.29, 0.717) is 27.8 Å². The molecule has 0 aliphatic heterocycles. The van der Waals surface area contributed by atoms with Crippen LogP contribution in [0.5, 0.6) is 5.75 Å². The van der Waals surface area contributed by atoms with Gasteiger partial charge in [-0.05, 0) is 169 Å². The Morgan fingerprint density at radius 3 is 1.09 bits per heavy atom. The molecule has 19 aromatic carbocycles. The van der Waals surface area contributed by atoms with E-state index >= 15 is 9.13 Å². The second-order valence-electron chi connectivity index (χ2n) is 32.9. The van der Waals surface area contributed by atoms with Gasteiger partial charge in [0.25, 0.3) is 0 Å². The van der Waals surface area contributed by atoms with Crippen LogP contribution in [0, 0.1) is 22.7 Å². The fourth-order valence-corrected chi connectivity index (χ4v) is 24.5. The van der Waals surface area contributed by atoms with E-state index in [2.05, 4.69) is 272 Å². The van der Waals surface area contributed by atoms with Gasteiger partial charge in [-0.3, -0.25) is 4.57 Å². The molecule has 0 unspecified atom stereocenters. The van der Waals surface area contributed by atoms with Crippen LogP contribution in [0.15, 0.2) is 478 Å². The van der Waals surface area contributed by atoms with Gasteiger partial charge < -0.3 is 41.2 Å². The summed E-state index contributed by atoms with van der Waals surface area (Å²) in [6, 6.07) is 162. The average Bonchev–Trinajstić information content (AvgIpc) is 1.52. The molecule has 18 heteroatoms. The molecule has 0 saturated heterocycles. The number of hydrogen-bond donors (Lipinski definition) is 0. The van der Waals surface area contributed by atoms with Crippen molar-refractivity contribution in [3.05, 3.63) is 484 Å². The molecule has 137 heavy (non-hydrogen) atoms. The third kappa shape index (κ3) is 16.4. The minimum absolute atomic E-state index is 0. The second kappa shape index (κ2) is 38.6. The quantitative estimate of drug-likeness (QED) is 0.0817. The largest absolute Gasteiger partial charge is 1.00 e. The number of H-pyrrole nitrogens is 1. The Kier molecular flexibility index (Phi) is 24.6. The van der Waals surface area contributed by atoms with Gasteiger partial charge in [-0.2, -0.15) is 10.5 Å². The first kappa shape index (κ1) is 87.2. The first-order valence-electron chi connectivity index (χ1n) is 45.0. The smallest absolute Gasteiger partial charge is 0.868 e. The predicted molar refractivity (Wildman–Crippen MR) is 563 cm³/mol. The molecule has 0 saturated carbocycles. The summed E-state index contributed by atoms with van der Waals surface area (Å²) >= 11 is 0. The number of furan rings is 1. The Labute approximate surface area is 807 Å². The van der Waals surface area contributed by atoms with Gasteiger partial charge in [0, 0.05) is 124 Å². The molecule has 6 heterocycles. The fraction of sp³-hybridized carbons (Fsp3) is 0. The summed E-state index contributed by atoms with van der Waals surface area (Å²) in [5.41, 5.74) is 21.2. The van der Waals surface area contributed by atoms with E-state index in [9.17, 15) is 19.9 Å². The molecular weight excluding hydrogens is 1740 g/mol. The van der Waals surface area contributed by atoms with Crippen LogP contribution in [-0.4, -0.2) is 26.8 Å². The molecule has 25 rings (SSSR count). The molecule has 0 amide bonds. The summed E-state index contributed by atoms with van der Waals surface area (Å²) in [5.74, 6) is 0.0445. The Morgan fingerprint density at radius 1 is 0.328 bits per heavy atom. The van der Waals surface area contributed by atoms with Crippen LogP contribution in [0.4, 0.5) is 4.32 Å². The third-order valence-electron chi connectivity index (χ3n) is 25.2. The van der Waals surface area contributed by atoms with Crippen molar-refractivity contribution in [1.29, 1.82) is 11.9 Å². The maximum atomic E-state index is 15.0. The average molecular weight is 1820 g/mol. The number of aromatic amines is 1. The van der Waals surface area contributed by atoms with Gasteiger partial charge in [0.05, 0.1) is 78.8 Å². The van der Waals surface area contributed by atoms with Crippen molar-refractivity contribution >= 4 is 182 Å². The maximum Gasteiger partial charge on any atom is 1.00 e. The number of halogens is 1. The number of nitrogens with one attached hydrogen (secondary N) is 1. The molecule has 6 aromatic heterocycles. The third-order valence-corrected chi connectivity index (χ3v) is 31.4. The molecular formula is C119H84BFLiN7O5P3+. The Balaban J connectivity index is 0.000000127. The van der Waals surface area contributed by atoms with Crippen LogP contribution in [0.3, 0.4) is 0 Å². The zero-order valence-electron chi connectivity index (χ0n) is 75.1. The van der Waals surface area contributed by atoms with Crippen molar-refractivity contribution in [3.8, 4) is 62.9 Å². The topological polar surface area (TPSA) is 169 Å². The standard InChI is InChI=1S/C38H22N4.C36H24N2.C36H26O3P2.C9H7NO.BFHOP.Li.2H2/c39-23-25-16-17-38-34(20-25)33-12-3-6-15-37(33)42(38)30-19-26(24-40)18-28(22-30)27-8-7-9-29(21-27)41-35-13-4-1-10-31(35)32-11-2-5-14-36(32)41;1-7-19-31-25(13-1)26-14-2-8-20-32(26)37(31)35-23-11-5-17-29(35)30-18-6-12-24-36(30)38-33-21-9-3-15-27(33)28-16-4-10-22-34(28)38;37-40(27-13-5-1-6-14-27,28-15-7-2-8-16-28)31-21-23-35-33(25-31)34-26-32(22-24-36(34)39-35)41(38,29-17-9-3-10-18-29)30-19-11-4-12-20-30;11-8-5-1-3-7-4-2-6-10-9(7)8;2-1-4-3;;;/h1-22H;1-24H;1-26H;1-6,11H;1H;;2*1H/q;;;;;+1;;/i;;;;1D;;;. The molecule has 12 nitrogen and oxygen atoms in total. The first-order chi connectivity index (χ1) is 67.4. The molecule has 0 fully saturated rings. The van der Waals surface area contributed by atoms with E-state index in [1.807, 2.05) is 218 Å². The van der Waals surface area contributed by atoms with E-state index < -0.39 is 29.9 Å². The second-order valence-corrected chi connectivity index (χ2v) is 38.8. The van der Waals surface area contributed by atoms with Gasteiger partial charge >= 0.3 is 26.1 Å². The minimum Gasteiger partial charge on any atom is -0.868 e. The summed E-state index contributed by atoms with van der Waals surface area (Å²) in [4.78, 5) is 2.91. The molecule has 0 spiro atoms. The SMILES string of the molecule is N#Cc1cc(-c2cccc(-n3c4ccccc4c4ccccc43)c2)cc(-n2c3ccccc3c3cc(C#N)ccc32)c1.O=P(c1ccccc1)(c1ccccc1)c1ccc2oc3ccc(P(=O)(c4ccccc4)c4ccccc4)cc3c2c1.[2H]B(F)P=O.[HH].[HH].[Li+].[O-]c1cccc2ccc[nH+]c12.c1ccc(-n2c3ccccc3c3ccccc32)c(-c2ccccc2-n2c3ccccc3c3ccccc32)c1. The predicted octanol–water partition coefficient (Wildman–Crippen LogP) is 24.4. The number of benzene rings is 19. The van der Waals surface area contributed by atoms with Crippen LogP contribution >= 0.6 is 22.6 Å².